The molecule has 2 atom stereocenters. The van der Waals surface area contributed by atoms with Crippen LogP contribution in [-0.4, -0.2) is 88.3 Å². The maximum atomic E-state index is 12.6. The lowest BCUT2D eigenvalue weighted by Crippen LogP contribution is -2.36. The van der Waals surface area contributed by atoms with Crippen LogP contribution < -0.4 is 10.1 Å². The first-order valence-electron chi connectivity index (χ1n) is 9.85. The lowest BCUT2D eigenvalue weighted by molar-refractivity contribution is -0.127. The van der Waals surface area contributed by atoms with Gasteiger partial charge < -0.3 is 35.2 Å². The van der Waals surface area contributed by atoms with E-state index in [0.717, 1.165) is 37.7 Å². The minimum absolute atomic E-state index is 0.0112. The molecule has 5 N–H and O–H groups in total. The number of ether oxygens (including phenoxy) is 1. The Hall–Kier alpha value is -1.95. The van der Waals surface area contributed by atoms with Crippen molar-refractivity contribution in [3.05, 3.63) is 23.3 Å². The highest BCUT2D eigenvalue weighted by molar-refractivity contribution is 8.01. The summed E-state index contributed by atoms with van der Waals surface area (Å²) in [6, 6.07) is 2.89. The number of aromatic carboxylic acids is 1. The number of hydrogen-bond donors (Lipinski definition) is 5. The fraction of sp³-hybridized carbons (Fsp3) is 0.579. The number of aromatic hydroxyl groups is 1. The largest absolute Gasteiger partial charge is 0.507 e. The van der Waals surface area contributed by atoms with Crippen LogP contribution in [0.5, 0.6) is 11.5 Å². The van der Waals surface area contributed by atoms with Crippen molar-refractivity contribution in [2.75, 3.05) is 39.0 Å². The van der Waals surface area contributed by atoms with Gasteiger partial charge in [0.1, 0.15) is 17.1 Å². The Morgan fingerprint density at radius 2 is 2.13 bits per heavy atom. The molecule has 1 aromatic carbocycles. The fourth-order valence-corrected chi connectivity index (χ4v) is 5.19. The van der Waals surface area contributed by atoms with Crippen molar-refractivity contribution in [3.8, 4) is 11.5 Å². The van der Waals surface area contributed by atoms with E-state index in [4.69, 9.17) is 4.74 Å². The molecule has 0 aliphatic carbocycles. The smallest absolute Gasteiger partial charge is 0.465 e. The molecule has 9 nitrogen and oxygen atoms in total. The third-order valence-corrected chi connectivity index (χ3v) is 7.21. The van der Waals surface area contributed by atoms with Gasteiger partial charge in [0.05, 0.1) is 12.9 Å². The summed E-state index contributed by atoms with van der Waals surface area (Å²) < 4.78 is 4.97. The average molecular weight is 438 g/mol. The molecule has 0 radical (unpaired) electrons. The van der Waals surface area contributed by atoms with Gasteiger partial charge in [-0.25, -0.2) is 4.79 Å². The van der Waals surface area contributed by atoms with Crippen molar-refractivity contribution in [2.45, 2.75) is 24.4 Å². The van der Waals surface area contributed by atoms with Crippen LogP contribution in [0.1, 0.15) is 28.8 Å². The minimum atomic E-state index is -1.73. The number of carbonyl (C=O) groups excluding carboxylic acids is 1. The van der Waals surface area contributed by atoms with Crippen molar-refractivity contribution in [3.63, 3.8) is 0 Å². The van der Waals surface area contributed by atoms with Gasteiger partial charge in [0, 0.05) is 30.2 Å². The number of nitrogens with zero attached hydrogens (tertiary/aromatic N) is 1. The second kappa shape index (κ2) is 9.46. The van der Waals surface area contributed by atoms with Gasteiger partial charge in [-0.1, -0.05) is 6.07 Å². The fourth-order valence-electron chi connectivity index (χ4n) is 4.19. The summed E-state index contributed by atoms with van der Waals surface area (Å²) in [4.78, 5) is 25.9. The molecule has 1 unspecified atom stereocenters. The van der Waals surface area contributed by atoms with Crippen LogP contribution in [0.25, 0.3) is 0 Å². The molecular weight excluding hydrogens is 411 g/mol. The molecule has 1 amide bonds. The molecule has 2 saturated heterocycles. The average Bonchev–Trinajstić information content (AvgIpc) is 3.35. The number of hydrogen-bond acceptors (Lipinski definition) is 8. The van der Waals surface area contributed by atoms with Crippen molar-refractivity contribution in [2.24, 2.45) is 5.41 Å². The topological polar surface area (TPSA) is 140 Å². The zero-order chi connectivity index (χ0) is 21.9. The Bertz CT molecular complexity index is 801. The van der Waals surface area contributed by atoms with E-state index in [0.29, 0.717) is 13.1 Å². The number of nitrogens with one attached hydrogen (secondary N) is 1. The summed E-state index contributed by atoms with van der Waals surface area (Å²) in [5.74, 6) is -1.79. The van der Waals surface area contributed by atoms with Crippen LogP contribution in [0.2, 0.25) is 0 Å². The number of methoxy groups -OCH3 is 1. The van der Waals surface area contributed by atoms with E-state index >= 15 is 0 Å². The van der Waals surface area contributed by atoms with Crippen molar-refractivity contribution >= 4 is 30.8 Å². The Balaban J connectivity index is 1.64. The second-order valence-corrected chi connectivity index (χ2v) is 9.14. The molecule has 1 aromatic rings. The number of carboxylic acid groups (broad SMARTS) is 1. The van der Waals surface area contributed by atoms with Gasteiger partial charge >= 0.3 is 13.1 Å². The van der Waals surface area contributed by atoms with Gasteiger partial charge in [0.25, 0.3) is 0 Å². The van der Waals surface area contributed by atoms with E-state index in [-0.39, 0.29) is 40.4 Å². The SMILES string of the molecule is COc1ccc(C[C@H](SCC(=O)N2CCC3(CCNC3)C2)B(O)O)c(O)c1C(=O)O. The molecule has 2 aliphatic heterocycles. The molecule has 0 bridgehead atoms. The summed E-state index contributed by atoms with van der Waals surface area (Å²) in [7, 11) is -0.436. The van der Waals surface area contributed by atoms with Gasteiger partial charge in [-0.15, -0.1) is 0 Å². The summed E-state index contributed by atoms with van der Waals surface area (Å²) >= 11 is 1.09. The number of carboxylic acids is 1. The highest BCUT2D eigenvalue weighted by atomic mass is 32.2. The van der Waals surface area contributed by atoms with Crippen molar-refractivity contribution < 1.29 is 34.6 Å². The number of thioether (sulfide) groups is 1. The number of likely N-dealkylation sites (tertiary alicyclic amines) is 1. The van der Waals surface area contributed by atoms with Crippen LogP contribution in [0, 0.1) is 5.41 Å². The van der Waals surface area contributed by atoms with Crippen LogP contribution in [-0.2, 0) is 11.2 Å². The maximum Gasteiger partial charge on any atom is 0.465 e. The van der Waals surface area contributed by atoms with Gasteiger partial charge in [-0.05, 0) is 37.4 Å². The van der Waals surface area contributed by atoms with Crippen LogP contribution >= 0.6 is 11.8 Å². The maximum absolute atomic E-state index is 12.6. The summed E-state index contributed by atoms with van der Waals surface area (Å²) in [5, 5.41) is 41.8. The zero-order valence-electron chi connectivity index (χ0n) is 16.8. The molecule has 1 spiro atoms. The number of benzene rings is 1. The normalized spacial score (nSPS) is 21.8. The van der Waals surface area contributed by atoms with E-state index < -0.39 is 24.0 Å². The predicted octanol–water partition coefficient (Wildman–Crippen LogP) is -0.0327. The predicted molar refractivity (Wildman–Crippen MR) is 113 cm³/mol. The van der Waals surface area contributed by atoms with Crippen LogP contribution in [0.4, 0.5) is 0 Å². The van der Waals surface area contributed by atoms with Crippen molar-refractivity contribution in [1.82, 2.24) is 10.2 Å². The quantitative estimate of drug-likeness (QED) is 0.354. The molecule has 2 aliphatic rings. The van der Waals surface area contributed by atoms with Gasteiger partial charge in [-0.2, -0.15) is 11.8 Å². The summed E-state index contributed by atoms with van der Waals surface area (Å²) in [6.45, 7) is 3.31. The number of phenols is 1. The number of rotatable bonds is 8. The van der Waals surface area contributed by atoms with Gasteiger partial charge in [-0.3, -0.25) is 4.79 Å². The monoisotopic (exact) mass is 438 g/mol. The first-order chi connectivity index (χ1) is 14.3. The zero-order valence-corrected chi connectivity index (χ0v) is 17.7. The molecule has 2 fully saturated rings. The molecule has 11 heteroatoms. The lowest BCUT2D eigenvalue weighted by Gasteiger charge is -2.23. The Kier molecular flexibility index (Phi) is 7.17. The molecule has 3 rings (SSSR count). The molecule has 30 heavy (non-hydrogen) atoms. The second-order valence-electron chi connectivity index (χ2n) is 7.91. The minimum Gasteiger partial charge on any atom is -0.507 e. The first-order valence-corrected chi connectivity index (χ1v) is 10.9. The van der Waals surface area contributed by atoms with E-state index in [9.17, 15) is 29.9 Å². The molecule has 0 saturated carbocycles. The van der Waals surface area contributed by atoms with Crippen LogP contribution in [0.3, 0.4) is 0 Å². The van der Waals surface area contributed by atoms with E-state index in [1.807, 2.05) is 4.90 Å². The Morgan fingerprint density at radius 3 is 2.73 bits per heavy atom. The Morgan fingerprint density at radius 1 is 1.37 bits per heavy atom. The molecule has 164 valence electrons. The van der Waals surface area contributed by atoms with E-state index in [2.05, 4.69) is 5.32 Å². The molecule has 2 heterocycles. The third kappa shape index (κ3) is 4.85. The third-order valence-electron chi connectivity index (χ3n) is 5.95. The van der Waals surface area contributed by atoms with Crippen LogP contribution in [0.15, 0.2) is 12.1 Å². The number of carbonyl (C=O) groups is 2. The first kappa shape index (κ1) is 22.7. The lowest BCUT2D eigenvalue weighted by atomic mass is 9.81. The van der Waals surface area contributed by atoms with E-state index in [1.165, 1.54) is 19.2 Å². The summed E-state index contributed by atoms with van der Waals surface area (Å²) in [6.07, 6.45) is 2.02. The van der Waals surface area contributed by atoms with Crippen molar-refractivity contribution in [1.29, 1.82) is 0 Å². The molecule has 0 aromatic heterocycles. The summed E-state index contributed by atoms with van der Waals surface area (Å²) in [5.41, 5.74) is 0.0245. The van der Waals surface area contributed by atoms with E-state index in [1.54, 1.807) is 0 Å². The van der Waals surface area contributed by atoms with Gasteiger partial charge in [0.2, 0.25) is 5.91 Å². The number of amides is 1. The Labute approximate surface area is 179 Å². The standard InChI is InChI=1S/C19H27BN2O7S/c1-29-13-3-2-12(17(24)16(13)18(25)26)8-14(20(27)28)30-9-15(23)22-7-5-19(11-22)4-6-21-10-19/h2-3,14,21,24,27-28H,4-11H2,1H3,(H,25,26)/t14-,19?/m0/s1. The highest BCUT2D eigenvalue weighted by Gasteiger charge is 2.42. The molecular formula is C19H27BN2O7S. The van der Waals surface area contributed by atoms with Gasteiger partial charge in [0.15, 0.2) is 0 Å². The highest BCUT2D eigenvalue weighted by Crippen LogP contribution is 2.37.